The van der Waals surface area contributed by atoms with Crippen molar-refractivity contribution >= 4 is 25.8 Å². The van der Waals surface area contributed by atoms with Gasteiger partial charge >= 0.3 is 0 Å². The van der Waals surface area contributed by atoms with E-state index in [1.807, 2.05) is 0 Å². The summed E-state index contributed by atoms with van der Waals surface area (Å²) < 4.78 is 34.9. The largest absolute Gasteiger partial charge is 0.276 e. The SMILES string of the molecule is C=S(C)(=O)OS(C)(=O)=O. The summed E-state index contributed by atoms with van der Waals surface area (Å²) >= 11 is 0. The van der Waals surface area contributed by atoms with Crippen molar-refractivity contribution in [1.29, 1.82) is 0 Å². The van der Waals surface area contributed by atoms with Gasteiger partial charge in [0.1, 0.15) is 0 Å². The highest BCUT2D eigenvalue weighted by Gasteiger charge is 2.05. The predicted molar refractivity (Wildman–Crippen MR) is 37.1 cm³/mol. The maximum Gasteiger partial charge on any atom is 0.276 e. The Morgan fingerprint density at radius 3 is 1.56 bits per heavy atom. The van der Waals surface area contributed by atoms with E-state index in [1.54, 1.807) is 0 Å². The van der Waals surface area contributed by atoms with Crippen molar-refractivity contribution in [3.05, 3.63) is 0 Å². The molecule has 1 unspecified atom stereocenters. The van der Waals surface area contributed by atoms with Gasteiger partial charge in [-0.25, -0.2) is 4.21 Å². The molecule has 56 valence electrons. The van der Waals surface area contributed by atoms with Crippen molar-refractivity contribution in [1.82, 2.24) is 0 Å². The van der Waals surface area contributed by atoms with Gasteiger partial charge in [-0.1, -0.05) is 0 Å². The maximum absolute atomic E-state index is 10.5. The Balaban J connectivity index is 4.46. The van der Waals surface area contributed by atoms with Crippen LogP contribution in [0.1, 0.15) is 0 Å². The van der Waals surface area contributed by atoms with Crippen molar-refractivity contribution in [2.75, 3.05) is 12.5 Å². The quantitative estimate of drug-likeness (QED) is 0.513. The summed E-state index contributed by atoms with van der Waals surface area (Å²) in [7, 11) is -6.49. The molecule has 0 aromatic heterocycles. The molecule has 6 heteroatoms. The first-order valence-corrected chi connectivity index (χ1v) is 5.82. The first-order chi connectivity index (χ1) is 3.71. The van der Waals surface area contributed by atoms with E-state index < -0.39 is 19.9 Å². The molecule has 0 fully saturated rings. The molecule has 0 aliphatic carbocycles. The molecule has 0 spiro atoms. The minimum absolute atomic E-state index is 0.821. The molecule has 0 aromatic rings. The molecule has 0 amide bonds. The molecule has 0 aliphatic rings. The van der Waals surface area contributed by atoms with Gasteiger partial charge in [0.2, 0.25) is 0 Å². The molecule has 4 nitrogen and oxygen atoms in total. The third-order valence-electron chi connectivity index (χ3n) is 0.268. The summed E-state index contributed by atoms with van der Waals surface area (Å²) in [5, 5.41) is 0. The first-order valence-electron chi connectivity index (χ1n) is 1.94. The monoisotopic (exact) mass is 172 g/mol. The summed E-state index contributed by atoms with van der Waals surface area (Å²) in [6.45, 7) is 0. The Morgan fingerprint density at radius 1 is 1.22 bits per heavy atom. The van der Waals surface area contributed by atoms with E-state index >= 15 is 0 Å². The molecule has 0 bridgehead atoms. The van der Waals surface area contributed by atoms with E-state index in [0.29, 0.717) is 0 Å². The lowest BCUT2D eigenvalue weighted by molar-refractivity contribution is 0.505. The molecule has 9 heavy (non-hydrogen) atoms. The van der Waals surface area contributed by atoms with E-state index in [2.05, 4.69) is 9.50 Å². The third kappa shape index (κ3) is 7.93. The van der Waals surface area contributed by atoms with E-state index in [1.165, 1.54) is 0 Å². The van der Waals surface area contributed by atoms with Gasteiger partial charge in [0.15, 0.2) is 0 Å². The van der Waals surface area contributed by atoms with Crippen molar-refractivity contribution in [3.8, 4) is 0 Å². The summed E-state index contributed by atoms with van der Waals surface area (Å²) in [5.74, 6) is 2.98. The zero-order valence-electron chi connectivity index (χ0n) is 5.16. The topological polar surface area (TPSA) is 60.4 Å². The van der Waals surface area contributed by atoms with Crippen LogP contribution in [0, 0.1) is 0 Å². The first kappa shape index (κ1) is 8.93. The normalized spacial score (nSPS) is 18.9. The van der Waals surface area contributed by atoms with E-state index in [9.17, 15) is 12.6 Å². The smallest absolute Gasteiger partial charge is 0.240 e. The van der Waals surface area contributed by atoms with Crippen LogP contribution in [-0.4, -0.2) is 31.0 Å². The van der Waals surface area contributed by atoms with Crippen LogP contribution in [0.15, 0.2) is 0 Å². The second-order valence-corrected chi connectivity index (χ2v) is 5.50. The van der Waals surface area contributed by atoms with Crippen LogP contribution in [0.4, 0.5) is 0 Å². The van der Waals surface area contributed by atoms with Crippen LogP contribution in [0.2, 0.25) is 0 Å². The molecule has 0 N–H and O–H groups in total. The van der Waals surface area contributed by atoms with Gasteiger partial charge in [-0.2, -0.15) is 12.0 Å². The number of rotatable bonds is 2. The Morgan fingerprint density at radius 2 is 1.56 bits per heavy atom. The molecule has 0 heterocycles. The molecule has 0 saturated heterocycles. The van der Waals surface area contributed by atoms with Gasteiger partial charge in [0.25, 0.3) is 10.1 Å². The zero-order valence-corrected chi connectivity index (χ0v) is 6.79. The lowest BCUT2D eigenvalue weighted by atomic mass is 11.9. The molecule has 0 aromatic carbocycles. The Kier molecular flexibility index (Phi) is 2.26. The van der Waals surface area contributed by atoms with Crippen LogP contribution in [0.25, 0.3) is 0 Å². The highest BCUT2D eigenvalue weighted by atomic mass is 32.3. The Labute approximate surface area is 55.2 Å². The minimum atomic E-state index is -3.62. The molecule has 0 aliphatic heterocycles. The van der Waals surface area contributed by atoms with E-state index in [4.69, 9.17) is 0 Å². The zero-order chi connectivity index (χ0) is 7.71. The minimum Gasteiger partial charge on any atom is -0.240 e. The van der Waals surface area contributed by atoms with Gasteiger partial charge < -0.3 is 0 Å². The summed E-state index contributed by atoms with van der Waals surface area (Å²) in [5.41, 5.74) is 0. The number of hydrogen-bond donors (Lipinski definition) is 0. The fraction of sp³-hybridized carbons (Fsp3) is 0.667. The van der Waals surface area contributed by atoms with E-state index in [0.717, 1.165) is 12.5 Å². The van der Waals surface area contributed by atoms with Gasteiger partial charge in [-0.3, -0.25) is 0 Å². The van der Waals surface area contributed by atoms with Gasteiger partial charge in [0, 0.05) is 6.26 Å². The predicted octanol–water partition coefficient (Wildman–Crippen LogP) is -0.776. The molecule has 1 atom stereocenters. The summed E-state index contributed by atoms with van der Waals surface area (Å²) in [6, 6.07) is 0. The highest BCUT2D eigenvalue weighted by Crippen LogP contribution is 1.92. The van der Waals surface area contributed by atoms with Crippen molar-refractivity contribution in [3.63, 3.8) is 0 Å². The van der Waals surface area contributed by atoms with Crippen molar-refractivity contribution < 1.29 is 16.3 Å². The molecular formula is C3H8O4S2. The van der Waals surface area contributed by atoms with E-state index in [-0.39, 0.29) is 0 Å². The van der Waals surface area contributed by atoms with Crippen molar-refractivity contribution in [2.24, 2.45) is 0 Å². The van der Waals surface area contributed by atoms with Crippen LogP contribution < -0.4 is 0 Å². The number of hydrogen-bond acceptors (Lipinski definition) is 4. The third-order valence-corrected chi connectivity index (χ3v) is 2.41. The molecule has 0 saturated carbocycles. The fourth-order valence-electron chi connectivity index (χ4n) is 0.261. The standard InChI is InChI=1S/C3H8O4S2/c1-8(2,4)7-9(3,5)6/h1H2,2-3H3. The fourth-order valence-corrected chi connectivity index (χ4v) is 2.35. The summed E-state index contributed by atoms with van der Waals surface area (Å²) in [4.78, 5) is 0. The molecular weight excluding hydrogens is 164 g/mol. The highest BCUT2D eigenvalue weighted by molar-refractivity contribution is 8.04. The van der Waals surface area contributed by atoms with Gasteiger partial charge in [-0.15, -0.1) is 0 Å². The Bertz CT molecular complexity index is 239. The lowest BCUT2D eigenvalue weighted by Crippen LogP contribution is -2.09. The van der Waals surface area contributed by atoms with Crippen LogP contribution in [0.3, 0.4) is 0 Å². The average Bonchev–Trinajstić information content (AvgIpc) is 1.14. The molecule has 0 radical (unpaired) electrons. The van der Waals surface area contributed by atoms with Crippen LogP contribution in [-0.2, 0) is 23.6 Å². The molecule has 0 rings (SSSR count). The summed E-state index contributed by atoms with van der Waals surface area (Å²) in [6.07, 6.45) is 1.93. The average molecular weight is 172 g/mol. The second kappa shape index (κ2) is 2.28. The second-order valence-electron chi connectivity index (χ2n) is 1.70. The van der Waals surface area contributed by atoms with Crippen molar-refractivity contribution in [2.45, 2.75) is 0 Å². The lowest BCUT2D eigenvalue weighted by Gasteiger charge is -1.98. The Hall–Kier alpha value is -0.0700. The van der Waals surface area contributed by atoms with Gasteiger partial charge in [-0.05, 0) is 5.87 Å². The maximum atomic E-state index is 10.5. The van der Waals surface area contributed by atoms with Crippen LogP contribution >= 0.6 is 0 Å². The van der Waals surface area contributed by atoms with Crippen LogP contribution in [0.5, 0.6) is 0 Å². The van der Waals surface area contributed by atoms with Gasteiger partial charge in [0.05, 0.1) is 16.1 Å².